The molecule has 1 saturated heterocycles. The number of pyridine rings is 1. The lowest BCUT2D eigenvalue weighted by molar-refractivity contribution is -0.187. The van der Waals surface area contributed by atoms with Crippen LogP contribution in [0.15, 0.2) is 60.8 Å². The summed E-state index contributed by atoms with van der Waals surface area (Å²) in [6.45, 7) is -0.814. The van der Waals surface area contributed by atoms with Crippen LogP contribution in [0.3, 0.4) is 0 Å². The summed E-state index contributed by atoms with van der Waals surface area (Å²) in [5.74, 6) is -2.72. The van der Waals surface area contributed by atoms with E-state index in [0.29, 0.717) is 27.3 Å². The van der Waals surface area contributed by atoms with Gasteiger partial charge in [-0.3, -0.25) is 14.6 Å². The van der Waals surface area contributed by atoms with Crippen molar-refractivity contribution in [2.24, 2.45) is 0 Å². The maximum absolute atomic E-state index is 13.7. The Morgan fingerprint density at radius 3 is 2.48 bits per heavy atom. The van der Waals surface area contributed by atoms with Gasteiger partial charge in [-0.1, -0.05) is 24.3 Å². The van der Waals surface area contributed by atoms with E-state index in [2.05, 4.69) is 4.98 Å². The smallest absolute Gasteiger partial charge is 0.418 e. The molecule has 3 aromatic rings. The number of hydrogen-bond acceptors (Lipinski definition) is 5. The minimum atomic E-state index is -4.83. The summed E-state index contributed by atoms with van der Waals surface area (Å²) in [5, 5.41) is 0. The Morgan fingerprint density at radius 2 is 1.81 bits per heavy atom. The third-order valence-corrected chi connectivity index (χ3v) is 7.52. The summed E-state index contributed by atoms with van der Waals surface area (Å²) in [5.41, 5.74) is -0.401. The first kappa shape index (κ1) is 29.1. The van der Waals surface area contributed by atoms with Crippen LogP contribution in [-0.4, -0.2) is 51.5 Å². The highest BCUT2D eigenvalue weighted by molar-refractivity contribution is 6.06. The van der Waals surface area contributed by atoms with Crippen LogP contribution in [0.25, 0.3) is 11.3 Å². The first-order valence-corrected chi connectivity index (χ1v) is 12.8. The van der Waals surface area contributed by atoms with Crippen molar-refractivity contribution in [2.45, 2.75) is 50.6 Å². The zero-order valence-electron chi connectivity index (χ0n) is 22.0. The van der Waals surface area contributed by atoms with Crippen LogP contribution in [-0.2, 0) is 32.9 Å². The van der Waals surface area contributed by atoms with Crippen molar-refractivity contribution in [1.82, 2.24) is 14.8 Å². The van der Waals surface area contributed by atoms with Crippen molar-refractivity contribution >= 4 is 17.9 Å². The van der Waals surface area contributed by atoms with E-state index >= 15 is 0 Å². The Bertz CT molecular complexity index is 1550. The molecule has 0 saturated carbocycles. The van der Waals surface area contributed by atoms with E-state index in [1.54, 1.807) is 12.1 Å². The minimum absolute atomic E-state index is 0.0177. The molecule has 1 fully saturated rings. The van der Waals surface area contributed by atoms with Gasteiger partial charge in [0, 0.05) is 35.9 Å². The predicted octanol–water partition coefficient (Wildman–Crippen LogP) is 5.93. The minimum Gasteiger partial charge on any atom is -0.427 e. The van der Waals surface area contributed by atoms with Crippen LogP contribution in [0.5, 0.6) is 0 Å². The van der Waals surface area contributed by atoms with Crippen LogP contribution in [0, 0.1) is 5.82 Å². The monoisotopic (exact) mass is 591 g/mol. The highest BCUT2D eigenvalue weighted by Crippen LogP contribution is 2.46. The largest absolute Gasteiger partial charge is 0.427 e. The summed E-state index contributed by atoms with van der Waals surface area (Å²) in [6.07, 6.45) is -7.23. The van der Waals surface area contributed by atoms with Crippen molar-refractivity contribution in [3.63, 3.8) is 0 Å². The van der Waals surface area contributed by atoms with E-state index in [0.717, 1.165) is 19.1 Å². The number of ether oxygens (including phenoxy) is 1. The van der Waals surface area contributed by atoms with Gasteiger partial charge in [-0.15, -0.1) is 0 Å². The van der Waals surface area contributed by atoms with E-state index in [1.165, 1.54) is 36.5 Å². The summed E-state index contributed by atoms with van der Waals surface area (Å²) >= 11 is 0. The molecule has 3 amide bonds. The van der Waals surface area contributed by atoms with E-state index < -0.39 is 61.1 Å². The third-order valence-electron chi connectivity index (χ3n) is 7.52. The molecule has 5 rings (SSSR count). The van der Waals surface area contributed by atoms with Crippen molar-refractivity contribution in [1.29, 1.82) is 0 Å². The van der Waals surface area contributed by atoms with Crippen molar-refractivity contribution < 1.29 is 45.5 Å². The van der Waals surface area contributed by atoms with E-state index in [1.807, 2.05) is 0 Å². The fourth-order valence-electron chi connectivity index (χ4n) is 5.16. The topological polar surface area (TPSA) is 79.8 Å². The number of nitrogens with zero attached hydrogens (tertiary/aromatic N) is 3. The summed E-state index contributed by atoms with van der Waals surface area (Å²) in [6, 6.07) is 9.37. The van der Waals surface area contributed by atoms with Crippen LogP contribution < -0.4 is 0 Å². The lowest BCUT2D eigenvalue weighted by atomic mass is 9.92. The molecule has 7 nitrogen and oxygen atoms in total. The van der Waals surface area contributed by atoms with Gasteiger partial charge in [0.05, 0.1) is 5.69 Å². The Kier molecular flexibility index (Phi) is 7.46. The quantitative estimate of drug-likeness (QED) is 0.319. The van der Waals surface area contributed by atoms with Gasteiger partial charge in [0.15, 0.2) is 0 Å². The first-order chi connectivity index (χ1) is 19.8. The molecule has 1 aliphatic carbocycles. The number of carbonyl (C=O) groups excluding carboxylic acids is 3. The molecule has 0 N–H and O–H groups in total. The lowest BCUT2D eigenvalue weighted by Crippen LogP contribution is -2.51. The maximum atomic E-state index is 13.7. The van der Waals surface area contributed by atoms with Crippen LogP contribution >= 0.6 is 0 Å². The molecule has 2 aromatic carbocycles. The van der Waals surface area contributed by atoms with Gasteiger partial charge >= 0.3 is 12.3 Å². The summed E-state index contributed by atoms with van der Waals surface area (Å²) in [7, 11) is 0. The SMILES string of the molecule is C[C@H](N(Cc1ccc(F)cc1)C(=O)CN1C(=O)OC2(CCc3ccc(-c4cc(C(F)F)ccn4)cc32)C1=O)C(F)(F)F. The average Bonchev–Trinajstić information content (AvgIpc) is 3.43. The molecule has 13 heteroatoms. The standard InChI is InChI=1S/C29H23F6N3O4/c1-16(29(33,34)35)37(14-17-2-6-21(30)7-3-17)24(39)15-38-26(40)28(42-27(38)41)10-8-18-4-5-19(12-22(18)28)23-13-20(25(31)32)9-11-36-23/h2-7,9,11-13,16,25H,8,10,14-15H2,1H3/t16-,28?/m0/s1. The van der Waals surface area contributed by atoms with E-state index in [-0.39, 0.29) is 28.8 Å². The molecule has 2 atom stereocenters. The summed E-state index contributed by atoms with van der Waals surface area (Å²) < 4.78 is 86.3. The number of benzene rings is 2. The van der Waals surface area contributed by atoms with Gasteiger partial charge in [0.1, 0.15) is 18.4 Å². The Balaban J connectivity index is 1.42. The number of hydrogen-bond donors (Lipinski definition) is 0. The molecule has 1 unspecified atom stereocenters. The number of amides is 3. The Morgan fingerprint density at radius 1 is 1.10 bits per heavy atom. The average molecular weight is 592 g/mol. The molecule has 42 heavy (non-hydrogen) atoms. The van der Waals surface area contributed by atoms with E-state index in [9.17, 15) is 40.7 Å². The summed E-state index contributed by atoms with van der Waals surface area (Å²) in [4.78, 5) is 44.8. The van der Waals surface area contributed by atoms with Crippen LogP contribution in [0.1, 0.15) is 42.0 Å². The number of halogens is 6. The van der Waals surface area contributed by atoms with Gasteiger partial charge in [0.2, 0.25) is 11.5 Å². The molecule has 2 heterocycles. The molecule has 0 radical (unpaired) electrons. The zero-order chi connectivity index (χ0) is 30.4. The second-order valence-electron chi connectivity index (χ2n) is 10.1. The number of alkyl halides is 5. The zero-order valence-corrected chi connectivity index (χ0v) is 22.0. The first-order valence-electron chi connectivity index (χ1n) is 12.8. The van der Waals surface area contributed by atoms with Gasteiger partial charge in [-0.2, -0.15) is 13.2 Å². The normalized spacial score (nSPS) is 18.9. The van der Waals surface area contributed by atoms with Crippen molar-refractivity contribution in [2.75, 3.05) is 6.54 Å². The molecule has 2 aliphatic rings. The third kappa shape index (κ3) is 5.30. The van der Waals surface area contributed by atoms with E-state index in [4.69, 9.17) is 4.74 Å². The van der Waals surface area contributed by atoms with Crippen LogP contribution in [0.4, 0.5) is 31.1 Å². The fourth-order valence-corrected chi connectivity index (χ4v) is 5.16. The number of imide groups is 1. The highest BCUT2D eigenvalue weighted by atomic mass is 19.4. The second-order valence-corrected chi connectivity index (χ2v) is 10.1. The molecule has 1 aliphatic heterocycles. The van der Waals surface area contributed by atoms with Crippen LogP contribution in [0.2, 0.25) is 0 Å². The lowest BCUT2D eigenvalue weighted by Gasteiger charge is -2.31. The fraction of sp³-hybridized carbons (Fsp3) is 0.310. The number of rotatable bonds is 7. The van der Waals surface area contributed by atoms with Crippen molar-refractivity contribution in [3.05, 3.63) is 88.9 Å². The Hall–Kier alpha value is -4.42. The van der Waals surface area contributed by atoms with Gasteiger partial charge in [0.25, 0.3) is 12.3 Å². The van der Waals surface area contributed by atoms with Gasteiger partial charge in [-0.25, -0.2) is 22.9 Å². The molecule has 1 spiro atoms. The number of aromatic nitrogens is 1. The Labute approximate surface area is 235 Å². The molecular weight excluding hydrogens is 568 g/mol. The van der Waals surface area contributed by atoms with Gasteiger partial charge < -0.3 is 9.64 Å². The molecule has 1 aromatic heterocycles. The number of aryl methyl sites for hydroxylation is 1. The number of carbonyl (C=O) groups is 3. The molecule has 0 bridgehead atoms. The highest BCUT2D eigenvalue weighted by Gasteiger charge is 2.58. The predicted molar refractivity (Wildman–Crippen MR) is 135 cm³/mol. The number of fused-ring (bicyclic) bond motifs is 2. The molecular formula is C29H23F6N3O4. The molecule has 220 valence electrons. The maximum Gasteiger partial charge on any atom is 0.418 e. The van der Waals surface area contributed by atoms with Crippen molar-refractivity contribution in [3.8, 4) is 11.3 Å². The van der Waals surface area contributed by atoms with Gasteiger partial charge in [-0.05, 0) is 54.8 Å². The second kappa shape index (κ2) is 10.8.